The average Bonchev–Trinajstić information content (AvgIpc) is 3.57. The molecular weight excluding hydrogens is 406 g/mol. The number of nitriles is 1. The highest BCUT2D eigenvalue weighted by atomic mass is 16.3. The Bertz CT molecular complexity index is 1130. The van der Waals surface area contributed by atoms with E-state index in [4.69, 9.17) is 0 Å². The lowest BCUT2D eigenvalue weighted by Gasteiger charge is -2.41. The van der Waals surface area contributed by atoms with E-state index in [0.717, 1.165) is 17.0 Å². The van der Waals surface area contributed by atoms with Crippen LogP contribution in [0.15, 0.2) is 53.9 Å². The number of hydrogen-bond donors (Lipinski definition) is 2. The number of H-pyrrole nitrogens is 1. The van der Waals surface area contributed by atoms with Crippen LogP contribution in [0, 0.1) is 11.3 Å². The van der Waals surface area contributed by atoms with E-state index in [1.54, 1.807) is 23.5 Å². The van der Waals surface area contributed by atoms with Gasteiger partial charge in [0, 0.05) is 51.2 Å². The number of hydrogen-bond acceptors (Lipinski definition) is 9. The molecular formula is C22H23N9O. The van der Waals surface area contributed by atoms with Crippen LogP contribution in [-0.2, 0) is 0 Å². The minimum Gasteiger partial charge on any atom is -0.360 e. The molecule has 1 fully saturated rings. The fraction of sp³-hybridized carbons (Fsp3) is 0.318. The van der Waals surface area contributed by atoms with Crippen molar-refractivity contribution in [3.63, 3.8) is 0 Å². The van der Waals surface area contributed by atoms with Crippen LogP contribution in [-0.4, -0.2) is 73.9 Å². The molecule has 3 aromatic rings. The molecule has 32 heavy (non-hydrogen) atoms. The zero-order chi connectivity index (χ0) is 21.9. The maximum Gasteiger partial charge on any atom is 0.225 e. The standard InChI is InChI=1S/C22H23N9O/c23-15-16-2-1-3-17(14-16)20-6-9-26-31(20)22(32)30-12-10-29(11-13-30)21-24-7-4-18(27-21)19-5-8-25-28-19/h1-5,7-9,14,20,22,32H,6,10-13H2,(H,25,28)/t20-,22?/m0/s1. The Morgan fingerprint density at radius 1 is 1.12 bits per heavy atom. The monoisotopic (exact) mass is 429 g/mol. The molecule has 0 spiro atoms. The smallest absolute Gasteiger partial charge is 0.225 e. The van der Waals surface area contributed by atoms with Crippen molar-refractivity contribution in [2.45, 2.75) is 18.8 Å². The van der Waals surface area contributed by atoms with Gasteiger partial charge in [0.1, 0.15) is 5.69 Å². The fourth-order valence-electron chi connectivity index (χ4n) is 4.12. The minimum atomic E-state index is -0.844. The topological polar surface area (TPSA) is 121 Å². The summed E-state index contributed by atoms with van der Waals surface area (Å²) in [5.74, 6) is 0.657. The first kappa shape index (κ1) is 20.1. The summed E-state index contributed by atoms with van der Waals surface area (Å²) in [5, 5.41) is 33.4. The van der Waals surface area contributed by atoms with E-state index in [2.05, 4.69) is 36.2 Å². The predicted octanol–water partition coefficient (Wildman–Crippen LogP) is 1.57. The summed E-state index contributed by atoms with van der Waals surface area (Å²) in [5.41, 5.74) is 3.13. The highest BCUT2D eigenvalue weighted by molar-refractivity contribution is 5.61. The Balaban J connectivity index is 1.25. The SMILES string of the molecule is N#Cc1cccc([C@@H]2CC=NN2C(O)N2CCN(c3nccc(-c4cc[nH]n4)n3)CC2)c1. The second kappa shape index (κ2) is 8.74. The largest absolute Gasteiger partial charge is 0.360 e. The Morgan fingerprint density at radius 2 is 2.00 bits per heavy atom. The van der Waals surface area contributed by atoms with Crippen LogP contribution in [0.25, 0.3) is 11.4 Å². The molecule has 1 aromatic carbocycles. The molecule has 2 aliphatic heterocycles. The summed E-state index contributed by atoms with van der Waals surface area (Å²) < 4.78 is 0. The summed E-state index contributed by atoms with van der Waals surface area (Å²) in [7, 11) is 0. The highest BCUT2D eigenvalue weighted by Crippen LogP contribution is 2.31. The molecule has 10 heteroatoms. The maximum atomic E-state index is 11.1. The van der Waals surface area contributed by atoms with Gasteiger partial charge in [0.2, 0.25) is 12.3 Å². The number of nitrogens with zero attached hydrogens (tertiary/aromatic N) is 8. The van der Waals surface area contributed by atoms with Gasteiger partial charge in [0.05, 0.1) is 23.4 Å². The number of hydrazone groups is 1. The van der Waals surface area contributed by atoms with Crippen molar-refractivity contribution in [2.24, 2.45) is 5.10 Å². The van der Waals surface area contributed by atoms with Gasteiger partial charge < -0.3 is 10.0 Å². The minimum absolute atomic E-state index is 0.0924. The molecule has 2 aromatic heterocycles. The zero-order valence-corrected chi connectivity index (χ0v) is 17.4. The van der Waals surface area contributed by atoms with Crippen molar-refractivity contribution >= 4 is 12.2 Å². The number of rotatable bonds is 5. The summed E-state index contributed by atoms with van der Waals surface area (Å²) in [6.07, 6.45) is 5.18. The maximum absolute atomic E-state index is 11.1. The zero-order valence-electron chi connectivity index (χ0n) is 17.4. The quantitative estimate of drug-likeness (QED) is 0.627. The van der Waals surface area contributed by atoms with Crippen molar-refractivity contribution in [3.8, 4) is 17.5 Å². The van der Waals surface area contributed by atoms with E-state index in [0.29, 0.717) is 44.1 Å². The lowest BCUT2D eigenvalue weighted by atomic mass is 10.0. The summed E-state index contributed by atoms with van der Waals surface area (Å²) in [6.45, 7) is 2.67. The Morgan fingerprint density at radius 3 is 2.78 bits per heavy atom. The van der Waals surface area contributed by atoms with Crippen LogP contribution in [0.1, 0.15) is 23.6 Å². The number of anilines is 1. The molecule has 0 saturated carbocycles. The molecule has 162 valence electrons. The van der Waals surface area contributed by atoms with Gasteiger partial charge in [0.25, 0.3) is 0 Å². The van der Waals surface area contributed by atoms with E-state index >= 15 is 0 Å². The second-order valence-electron chi connectivity index (χ2n) is 7.74. The van der Waals surface area contributed by atoms with Gasteiger partial charge in [-0.25, -0.2) is 15.0 Å². The third-order valence-corrected chi connectivity index (χ3v) is 5.83. The van der Waals surface area contributed by atoms with Gasteiger partial charge >= 0.3 is 0 Å². The third kappa shape index (κ3) is 3.91. The third-order valence-electron chi connectivity index (χ3n) is 5.83. The van der Waals surface area contributed by atoms with Gasteiger partial charge in [-0.2, -0.15) is 15.5 Å². The Kier molecular flexibility index (Phi) is 5.49. The molecule has 1 saturated heterocycles. The van der Waals surface area contributed by atoms with E-state index in [-0.39, 0.29) is 6.04 Å². The molecule has 2 N–H and O–H groups in total. The van der Waals surface area contributed by atoms with Crippen LogP contribution >= 0.6 is 0 Å². The van der Waals surface area contributed by atoms with Gasteiger partial charge in [0.15, 0.2) is 0 Å². The van der Waals surface area contributed by atoms with Crippen LogP contribution < -0.4 is 4.90 Å². The molecule has 4 heterocycles. The number of piperazine rings is 1. The fourth-order valence-corrected chi connectivity index (χ4v) is 4.12. The van der Waals surface area contributed by atoms with Crippen molar-refractivity contribution in [1.82, 2.24) is 30.1 Å². The number of nitrogens with one attached hydrogen (secondary N) is 1. The summed E-state index contributed by atoms with van der Waals surface area (Å²) in [4.78, 5) is 13.2. The van der Waals surface area contributed by atoms with Crippen LogP contribution in [0.5, 0.6) is 0 Å². The molecule has 5 rings (SSSR count). The molecule has 0 aliphatic carbocycles. The Labute approximate surface area is 185 Å². The number of aromatic nitrogens is 4. The van der Waals surface area contributed by atoms with Gasteiger partial charge in [-0.1, -0.05) is 12.1 Å². The van der Waals surface area contributed by atoms with E-state index in [1.165, 1.54) is 0 Å². The van der Waals surface area contributed by atoms with Gasteiger partial charge in [-0.3, -0.25) is 10.00 Å². The van der Waals surface area contributed by atoms with Crippen molar-refractivity contribution < 1.29 is 5.11 Å². The highest BCUT2D eigenvalue weighted by Gasteiger charge is 2.33. The lowest BCUT2D eigenvalue weighted by Crippen LogP contribution is -2.55. The average molecular weight is 429 g/mol. The van der Waals surface area contributed by atoms with E-state index in [1.807, 2.05) is 41.4 Å². The molecule has 1 unspecified atom stereocenters. The van der Waals surface area contributed by atoms with Crippen molar-refractivity contribution in [1.29, 1.82) is 5.26 Å². The van der Waals surface area contributed by atoms with Crippen molar-refractivity contribution in [2.75, 3.05) is 31.1 Å². The predicted molar refractivity (Wildman–Crippen MR) is 118 cm³/mol. The number of aliphatic hydroxyl groups is 1. The first-order valence-electron chi connectivity index (χ1n) is 10.5. The van der Waals surface area contributed by atoms with Crippen LogP contribution in [0.2, 0.25) is 0 Å². The van der Waals surface area contributed by atoms with Gasteiger partial charge in [-0.05, 0) is 29.8 Å². The molecule has 2 atom stereocenters. The first-order valence-corrected chi connectivity index (χ1v) is 10.5. The molecule has 10 nitrogen and oxygen atoms in total. The number of aromatic amines is 1. The van der Waals surface area contributed by atoms with E-state index in [9.17, 15) is 10.4 Å². The first-order chi connectivity index (χ1) is 15.7. The van der Waals surface area contributed by atoms with Crippen molar-refractivity contribution in [3.05, 3.63) is 59.9 Å². The lowest BCUT2D eigenvalue weighted by molar-refractivity contribution is -0.126. The molecule has 0 bridgehead atoms. The van der Waals surface area contributed by atoms with Crippen LogP contribution in [0.4, 0.5) is 5.95 Å². The molecule has 2 aliphatic rings. The normalized spacial score (nSPS) is 19.8. The van der Waals surface area contributed by atoms with E-state index < -0.39 is 6.35 Å². The number of benzene rings is 1. The Hall–Kier alpha value is -3.81. The number of aliphatic hydroxyl groups excluding tert-OH is 1. The molecule has 0 radical (unpaired) electrons. The second-order valence-corrected chi connectivity index (χ2v) is 7.74. The summed E-state index contributed by atoms with van der Waals surface area (Å²) in [6, 6.07) is 13.3. The van der Waals surface area contributed by atoms with Crippen LogP contribution in [0.3, 0.4) is 0 Å². The van der Waals surface area contributed by atoms with Gasteiger partial charge in [-0.15, -0.1) is 0 Å². The summed E-state index contributed by atoms with van der Waals surface area (Å²) >= 11 is 0. The molecule has 0 amide bonds.